The maximum atomic E-state index is 11.9. The summed E-state index contributed by atoms with van der Waals surface area (Å²) in [5.74, 6) is 3.96. The van der Waals surface area contributed by atoms with Gasteiger partial charge < -0.3 is 4.42 Å². The van der Waals surface area contributed by atoms with Crippen LogP contribution in [0.3, 0.4) is 0 Å². The zero-order valence-electron chi connectivity index (χ0n) is 19.9. The Morgan fingerprint density at radius 1 is 1.09 bits per heavy atom. The summed E-state index contributed by atoms with van der Waals surface area (Å²) in [4.78, 5) is 21.2. The van der Waals surface area contributed by atoms with Gasteiger partial charge in [0.1, 0.15) is 20.1 Å². The largest absolute Gasteiger partial charge is 0.463 e. The number of hydrogen-bond donors (Lipinski definition) is 0. The monoisotopic (exact) mass is 480 g/mol. The highest BCUT2D eigenvalue weighted by Crippen LogP contribution is 2.37. The van der Waals surface area contributed by atoms with E-state index in [4.69, 9.17) is 9.41 Å². The van der Waals surface area contributed by atoms with E-state index in [0.717, 1.165) is 22.5 Å². The highest BCUT2D eigenvalue weighted by molar-refractivity contribution is 6.83. The Labute approximate surface area is 204 Å². The van der Waals surface area contributed by atoms with E-state index < -0.39 is 8.07 Å². The molecular formula is C27H24N4O3Si. The van der Waals surface area contributed by atoms with Crippen LogP contribution in [0.15, 0.2) is 76.6 Å². The van der Waals surface area contributed by atoms with Crippen LogP contribution >= 0.6 is 0 Å². The van der Waals surface area contributed by atoms with Crippen molar-refractivity contribution in [2.75, 3.05) is 0 Å². The lowest BCUT2D eigenvalue weighted by Crippen LogP contribution is -2.16. The van der Waals surface area contributed by atoms with Crippen molar-refractivity contribution in [2.24, 2.45) is 4.99 Å². The fourth-order valence-electron chi connectivity index (χ4n) is 4.20. The average Bonchev–Trinajstić information content (AvgIpc) is 3.48. The minimum atomic E-state index is -1.59. The van der Waals surface area contributed by atoms with Crippen LogP contribution in [0.2, 0.25) is 19.6 Å². The van der Waals surface area contributed by atoms with Crippen LogP contribution in [-0.4, -0.2) is 28.3 Å². The zero-order valence-corrected chi connectivity index (χ0v) is 20.9. The SMILES string of the molecule is C[C@H]1N=C(c2ccccc2[N+](=O)[O-])c2cc(C#C[Si](C)(C)C)ccc2-n2cnc(-c3ccco3)c21. The predicted molar refractivity (Wildman–Crippen MR) is 139 cm³/mol. The standard InChI is InChI=1S/C27H24N4O3Si/c1-18-27-26(24-10-7-14-34-24)28-17-30(27)22-12-11-19(13-15-35(2,3)4)16-21(22)25(29-18)20-8-5-6-9-23(20)31(32)33/h5-12,14,16-18H,1-4H3/t18-/m1/s1. The third-order valence-electron chi connectivity index (χ3n) is 5.73. The van der Waals surface area contributed by atoms with E-state index in [0.29, 0.717) is 22.7 Å². The van der Waals surface area contributed by atoms with Gasteiger partial charge in [0.25, 0.3) is 5.69 Å². The molecule has 7 nitrogen and oxygen atoms in total. The summed E-state index contributed by atoms with van der Waals surface area (Å²) in [5.41, 5.74) is 8.46. The van der Waals surface area contributed by atoms with E-state index in [9.17, 15) is 10.1 Å². The highest BCUT2D eigenvalue weighted by Gasteiger charge is 2.30. The Balaban J connectivity index is 1.80. The van der Waals surface area contributed by atoms with Gasteiger partial charge >= 0.3 is 0 Å². The number of nitro benzene ring substituents is 1. The molecule has 1 aliphatic rings. The summed E-state index contributed by atoms with van der Waals surface area (Å²) in [6.45, 7) is 8.55. The molecule has 0 N–H and O–H groups in total. The van der Waals surface area contributed by atoms with E-state index >= 15 is 0 Å². The fraction of sp³-hybridized carbons (Fsp3) is 0.185. The van der Waals surface area contributed by atoms with Gasteiger partial charge in [0.05, 0.1) is 39.9 Å². The maximum Gasteiger partial charge on any atom is 0.278 e. The second kappa shape index (κ2) is 8.53. The van der Waals surface area contributed by atoms with Crippen LogP contribution in [0.4, 0.5) is 5.69 Å². The quantitative estimate of drug-likeness (QED) is 0.152. The molecule has 2 aromatic carbocycles. The number of imidazole rings is 1. The fourth-order valence-corrected chi connectivity index (χ4v) is 4.72. The van der Waals surface area contributed by atoms with Crippen LogP contribution in [-0.2, 0) is 0 Å². The van der Waals surface area contributed by atoms with Crippen LogP contribution in [0.25, 0.3) is 17.1 Å². The van der Waals surface area contributed by atoms with Crippen molar-refractivity contribution < 1.29 is 9.34 Å². The number of nitro groups is 1. The molecule has 0 fully saturated rings. The summed E-state index contributed by atoms with van der Waals surface area (Å²) < 4.78 is 7.64. The van der Waals surface area contributed by atoms with Crippen molar-refractivity contribution in [1.82, 2.24) is 9.55 Å². The first kappa shape index (κ1) is 22.6. The van der Waals surface area contributed by atoms with Crippen molar-refractivity contribution in [3.05, 3.63) is 99.7 Å². The predicted octanol–water partition coefficient (Wildman–Crippen LogP) is 6.18. The lowest BCUT2D eigenvalue weighted by molar-refractivity contribution is -0.385. The zero-order chi connectivity index (χ0) is 24.7. The van der Waals surface area contributed by atoms with Gasteiger partial charge in [0.15, 0.2) is 5.76 Å². The van der Waals surface area contributed by atoms with Crippen molar-refractivity contribution in [3.8, 4) is 28.6 Å². The number of nitrogens with zero attached hydrogens (tertiary/aromatic N) is 4. The van der Waals surface area contributed by atoms with Crippen molar-refractivity contribution in [2.45, 2.75) is 32.6 Å². The number of furan rings is 1. The molecule has 0 aliphatic carbocycles. The molecule has 4 aromatic rings. The van der Waals surface area contributed by atoms with Gasteiger partial charge in [-0.3, -0.25) is 19.7 Å². The molecule has 5 rings (SSSR count). The number of fused-ring (bicyclic) bond motifs is 3. The lowest BCUT2D eigenvalue weighted by Gasteiger charge is -2.13. The Morgan fingerprint density at radius 3 is 2.60 bits per heavy atom. The lowest BCUT2D eigenvalue weighted by atomic mass is 9.97. The van der Waals surface area contributed by atoms with Gasteiger partial charge in [-0.2, -0.15) is 0 Å². The Bertz CT molecular complexity index is 1530. The van der Waals surface area contributed by atoms with Crippen molar-refractivity contribution in [3.63, 3.8) is 0 Å². The molecule has 35 heavy (non-hydrogen) atoms. The summed E-state index contributed by atoms with van der Waals surface area (Å²) >= 11 is 0. The Kier molecular flexibility index (Phi) is 5.50. The molecule has 8 heteroatoms. The molecule has 1 atom stereocenters. The number of para-hydroxylation sites is 1. The first-order valence-corrected chi connectivity index (χ1v) is 14.8. The molecule has 1 aliphatic heterocycles. The molecule has 0 radical (unpaired) electrons. The van der Waals surface area contributed by atoms with Gasteiger partial charge in [0.2, 0.25) is 0 Å². The smallest absolute Gasteiger partial charge is 0.278 e. The van der Waals surface area contributed by atoms with Crippen LogP contribution in [0.5, 0.6) is 0 Å². The van der Waals surface area contributed by atoms with E-state index in [1.165, 1.54) is 6.07 Å². The van der Waals surface area contributed by atoms with Gasteiger partial charge in [-0.25, -0.2) is 4.98 Å². The van der Waals surface area contributed by atoms with Gasteiger partial charge in [-0.1, -0.05) is 37.7 Å². The van der Waals surface area contributed by atoms with E-state index in [-0.39, 0.29) is 16.7 Å². The third-order valence-corrected chi connectivity index (χ3v) is 6.60. The maximum absolute atomic E-state index is 11.9. The number of aromatic nitrogens is 2. The van der Waals surface area contributed by atoms with E-state index in [2.05, 4.69) is 36.1 Å². The topological polar surface area (TPSA) is 86.5 Å². The van der Waals surface area contributed by atoms with Crippen LogP contribution in [0, 0.1) is 21.6 Å². The van der Waals surface area contributed by atoms with Crippen molar-refractivity contribution >= 4 is 19.5 Å². The molecule has 3 heterocycles. The van der Waals surface area contributed by atoms with Crippen LogP contribution in [0.1, 0.15) is 35.3 Å². The van der Waals surface area contributed by atoms with Gasteiger partial charge in [-0.15, -0.1) is 5.54 Å². The van der Waals surface area contributed by atoms with Gasteiger partial charge in [-0.05, 0) is 43.3 Å². The summed E-state index contributed by atoms with van der Waals surface area (Å²) in [5, 5.41) is 11.9. The second-order valence-electron chi connectivity index (χ2n) is 9.49. The normalized spacial score (nSPS) is 14.7. The third kappa shape index (κ3) is 4.22. The minimum absolute atomic E-state index is 0.0129. The summed E-state index contributed by atoms with van der Waals surface area (Å²) in [7, 11) is -1.59. The molecule has 0 bridgehead atoms. The molecular weight excluding hydrogens is 456 g/mol. The molecule has 2 aromatic heterocycles. The molecule has 0 spiro atoms. The second-order valence-corrected chi connectivity index (χ2v) is 14.2. The van der Waals surface area contributed by atoms with E-state index in [1.807, 2.05) is 41.8 Å². The summed E-state index contributed by atoms with van der Waals surface area (Å²) in [6.07, 6.45) is 3.37. The van der Waals surface area contributed by atoms with Crippen molar-refractivity contribution in [1.29, 1.82) is 0 Å². The Hall–Kier alpha value is -4.22. The molecule has 174 valence electrons. The first-order chi connectivity index (χ1) is 16.7. The summed E-state index contributed by atoms with van der Waals surface area (Å²) in [6, 6.07) is 16.0. The highest BCUT2D eigenvalue weighted by atomic mass is 28.3. The average molecular weight is 481 g/mol. The first-order valence-electron chi connectivity index (χ1n) is 11.3. The molecule has 0 saturated carbocycles. The number of rotatable bonds is 3. The number of benzene rings is 2. The molecule has 0 amide bonds. The number of hydrogen-bond acceptors (Lipinski definition) is 5. The molecule has 0 unspecified atom stereocenters. The number of aliphatic imine (C=N–C) groups is 1. The van der Waals surface area contributed by atoms with Gasteiger partial charge in [0, 0.05) is 17.2 Å². The minimum Gasteiger partial charge on any atom is -0.463 e. The molecule has 0 saturated heterocycles. The van der Waals surface area contributed by atoms with Crippen LogP contribution < -0.4 is 0 Å². The Morgan fingerprint density at radius 2 is 1.89 bits per heavy atom. The van der Waals surface area contributed by atoms with E-state index in [1.54, 1.807) is 30.8 Å².